The van der Waals surface area contributed by atoms with Crippen LogP contribution in [0.15, 0.2) is 28.7 Å². The van der Waals surface area contributed by atoms with E-state index in [-0.39, 0.29) is 5.60 Å². The highest BCUT2D eigenvalue weighted by Crippen LogP contribution is 2.36. The number of ether oxygens (including phenoxy) is 1. The summed E-state index contributed by atoms with van der Waals surface area (Å²) >= 11 is 3.53. The summed E-state index contributed by atoms with van der Waals surface area (Å²) in [6.45, 7) is 7.18. The lowest BCUT2D eigenvalue weighted by Gasteiger charge is -2.40. The van der Waals surface area contributed by atoms with Crippen molar-refractivity contribution in [3.8, 4) is 0 Å². The number of hydrogen-bond donors (Lipinski definition) is 1. The van der Waals surface area contributed by atoms with Crippen LogP contribution in [-0.2, 0) is 11.3 Å². The van der Waals surface area contributed by atoms with Crippen LogP contribution < -0.4 is 5.32 Å². The average Bonchev–Trinajstić information content (AvgIpc) is 2.52. The zero-order chi connectivity index (χ0) is 15.1. The fraction of sp³-hybridized carbons (Fsp3) is 0.667. The second kappa shape index (κ2) is 8.30. The van der Waals surface area contributed by atoms with Crippen LogP contribution >= 0.6 is 15.9 Å². The molecule has 1 N–H and O–H groups in total. The largest absolute Gasteiger partial charge is 0.369 e. The van der Waals surface area contributed by atoms with Crippen molar-refractivity contribution in [2.24, 2.45) is 5.92 Å². The second-order valence-corrected chi connectivity index (χ2v) is 7.15. The SMILES string of the molecule is CCNCC1(OCc2cccc(Br)c2)CCC(CC)CC1. The Bertz CT molecular complexity index is 427. The molecule has 0 unspecified atom stereocenters. The third kappa shape index (κ3) is 5.08. The first kappa shape index (κ1) is 17.0. The molecule has 0 radical (unpaired) electrons. The van der Waals surface area contributed by atoms with Gasteiger partial charge in [-0.15, -0.1) is 0 Å². The molecule has 21 heavy (non-hydrogen) atoms. The van der Waals surface area contributed by atoms with E-state index in [1.54, 1.807) is 0 Å². The van der Waals surface area contributed by atoms with Crippen molar-refractivity contribution >= 4 is 15.9 Å². The summed E-state index contributed by atoms with van der Waals surface area (Å²) in [7, 11) is 0. The van der Waals surface area contributed by atoms with Gasteiger partial charge in [-0.2, -0.15) is 0 Å². The van der Waals surface area contributed by atoms with Crippen molar-refractivity contribution < 1.29 is 4.74 Å². The molecule has 1 aliphatic carbocycles. The number of hydrogen-bond acceptors (Lipinski definition) is 2. The molecule has 1 fully saturated rings. The van der Waals surface area contributed by atoms with Gasteiger partial charge in [0, 0.05) is 11.0 Å². The van der Waals surface area contributed by atoms with Crippen LogP contribution in [0.4, 0.5) is 0 Å². The number of benzene rings is 1. The van der Waals surface area contributed by atoms with Crippen molar-refractivity contribution in [1.29, 1.82) is 0 Å². The van der Waals surface area contributed by atoms with Crippen molar-refractivity contribution in [2.75, 3.05) is 13.1 Å². The van der Waals surface area contributed by atoms with Crippen LogP contribution in [0.3, 0.4) is 0 Å². The molecule has 1 aromatic carbocycles. The quantitative estimate of drug-likeness (QED) is 0.751. The van der Waals surface area contributed by atoms with E-state index in [0.29, 0.717) is 6.61 Å². The maximum Gasteiger partial charge on any atom is 0.0811 e. The molecular weight excluding hydrogens is 326 g/mol. The normalized spacial score (nSPS) is 26.0. The maximum atomic E-state index is 6.42. The maximum absolute atomic E-state index is 6.42. The molecule has 0 amide bonds. The minimum Gasteiger partial charge on any atom is -0.369 e. The van der Waals surface area contributed by atoms with E-state index in [0.717, 1.165) is 23.5 Å². The predicted octanol–water partition coefficient (Wildman–Crippen LogP) is 4.91. The molecule has 2 rings (SSSR count). The van der Waals surface area contributed by atoms with E-state index in [1.165, 1.54) is 37.7 Å². The Morgan fingerprint density at radius 3 is 2.67 bits per heavy atom. The molecule has 1 saturated carbocycles. The fourth-order valence-electron chi connectivity index (χ4n) is 3.20. The van der Waals surface area contributed by atoms with Crippen molar-refractivity contribution in [3.63, 3.8) is 0 Å². The number of halogens is 1. The third-order valence-electron chi connectivity index (χ3n) is 4.72. The van der Waals surface area contributed by atoms with Crippen molar-refractivity contribution in [2.45, 2.75) is 58.2 Å². The monoisotopic (exact) mass is 353 g/mol. The van der Waals surface area contributed by atoms with Gasteiger partial charge in [-0.05, 0) is 55.8 Å². The van der Waals surface area contributed by atoms with Crippen LogP contribution in [0.1, 0.15) is 51.5 Å². The van der Waals surface area contributed by atoms with Crippen molar-refractivity contribution in [3.05, 3.63) is 34.3 Å². The van der Waals surface area contributed by atoms with Gasteiger partial charge >= 0.3 is 0 Å². The summed E-state index contributed by atoms with van der Waals surface area (Å²) in [5.74, 6) is 0.897. The molecule has 0 atom stereocenters. The molecule has 1 aromatic rings. The van der Waals surface area contributed by atoms with Gasteiger partial charge < -0.3 is 10.1 Å². The molecule has 0 aliphatic heterocycles. The molecule has 2 nitrogen and oxygen atoms in total. The lowest BCUT2D eigenvalue weighted by molar-refractivity contribution is -0.0860. The van der Waals surface area contributed by atoms with E-state index in [1.807, 2.05) is 0 Å². The summed E-state index contributed by atoms with van der Waals surface area (Å²) in [4.78, 5) is 0. The fourth-order valence-corrected chi connectivity index (χ4v) is 3.65. The average molecular weight is 354 g/mol. The molecule has 1 aliphatic rings. The molecule has 0 aromatic heterocycles. The van der Waals surface area contributed by atoms with Crippen molar-refractivity contribution in [1.82, 2.24) is 5.32 Å². The van der Waals surface area contributed by atoms with Gasteiger partial charge in [-0.3, -0.25) is 0 Å². The van der Waals surface area contributed by atoms with Crippen LogP contribution in [0.5, 0.6) is 0 Å². The van der Waals surface area contributed by atoms with Gasteiger partial charge in [0.1, 0.15) is 0 Å². The van der Waals surface area contributed by atoms with Crippen LogP contribution in [-0.4, -0.2) is 18.7 Å². The van der Waals surface area contributed by atoms with Gasteiger partial charge in [-0.1, -0.05) is 48.3 Å². The number of likely N-dealkylation sites (N-methyl/N-ethyl adjacent to an activating group) is 1. The molecule has 118 valence electrons. The highest BCUT2D eigenvalue weighted by molar-refractivity contribution is 9.10. The minimum absolute atomic E-state index is 0.0317. The molecule has 3 heteroatoms. The Balaban J connectivity index is 1.96. The third-order valence-corrected chi connectivity index (χ3v) is 5.22. The Hall–Kier alpha value is -0.380. The Morgan fingerprint density at radius 2 is 2.05 bits per heavy atom. The Morgan fingerprint density at radius 1 is 1.29 bits per heavy atom. The highest BCUT2D eigenvalue weighted by atomic mass is 79.9. The number of rotatable bonds is 7. The first-order chi connectivity index (χ1) is 10.2. The minimum atomic E-state index is 0.0317. The topological polar surface area (TPSA) is 21.3 Å². The molecule has 0 saturated heterocycles. The lowest BCUT2D eigenvalue weighted by Crippen LogP contribution is -2.45. The van der Waals surface area contributed by atoms with Gasteiger partial charge in [0.2, 0.25) is 0 Å². The summed E-state index contributed by atoms with van der Waals surface area (Å²) in [6, 6.07) is 8.43. The molecular formula is C18H28BrNO. The first-order valence-electron chi connectivity index (χ1n) is 8.26. The summed E-state index contributed by atoms with van der Waals surface area (Å²) in [6.07, 6.45) is 6.29. The number of nitrogens with one attached hydrogen (secondary N) is 1. The van der Waals surface area contributed by atoms with E-state index in [2.05, 4.69) is 59.4 Å². The summed E-state index contributed by atoms with van der Waals surface area (Å²) in [5.41, 5.74) is 1.28. The lowest BCUT2D eigenvalue weighted by atomic mass is 9.77. The highest BCUT2D eigenvalue weighted by Gasteiger charge is 2.35. The van der Waals surface area contributed by atoms with E-state index < -0.39 is 0 Å². The first-order valence-corrected chi connectivity index (χ1v) is 9.06. The molecule has 0 bridgehead atoms. The Kier molecular flexibility index (Phi) is 6.72. The second-order valence-electron chi connectivity index (χ2n) is 6.23. The van der Waals surface area contributed by atoms with E-state index in [9.17, 15) is 0 Å². The van der Waals surface area contributed by atoms with Crippen LogP contribution in [0, 0.1) is 5.92 Å². The molecule has 0 heterocycles. The van der Waals surface area contributed by atoms with Crippen LogP contribution in [0.25, 0.3) is 0 Å². The standard InChI is InChI=1S/C18H28BrNO/c1-3-15-8-10-18(11-9-15,14-20-4-2)21-13-16-6-5-7-17(19)12-16/h5-7,12,15,20H,3-4,8-11,13-14H2,1-2H3. The van der Waals surface area contributed by atoms with E-state index in [4.69, 9.17) is 4.74 Å². The van der Waals surface area contributed by atoms with E-state index >= 15 is 0 Å². The Labute approximate surface area is 137 Å². The van der Waals surface area contributed by atoms with Gasteiger partial charge in [0.15, 0.2) is 0 Å². The predicted molar refractivity (Wildman–Crippen MR) is 92.5 cm³/mol. The van der Waals surface area contributed by atoms with Gasteiger partial charge in [-0.25, -0.2) is 0 Å². The van der Waals surface area contributed by atoms with Crippen LogP contribution in [0.2, 0.25) is 0 Å². The zero-order valence-corrected chi connectivity index (χ0v) is 14.9. The van der Waals surface area contributed by atoms with Gasteiger partial charge in [0.25, 0.3) is 0 Å². The summed E-state index contributed by atoms with van der Waals surface area (Å²) < 4.78 is 7.55. The summed E-state index contributed by atoms with van der Waals surface area (Å²) in [5, 5.41) is 3.51. The zero-order valence-electron chi connectivity index (χ0n) is 13.3. The van der Waals surface area contributed by atoms with Gasteiger partial charge in [0.05, 0.1) is 12.2 Å². The smallest absolute Gasteiger partial charge is 0.0811 e. The molecule has 0 spiro atoms.